The molecule has 1 amide bonds. The van der Waals surface area contributed by atoms with Gasteiger partial charge in [0.1, 0.15) is 11.6 Å². The number of anilines is 6. The SMILES string of the molecule is CN(c1ccc(N2CCOCC2)c(F)c1)c1ccnc(Nc2ccc(C(=O)Nc3nc4ccccc4[nH]3)cc2)n1. The predicted molar refractivity (Wildman–Crippen MR) is 153 cm³/mol. The molecular weight excluding hydrogens is 511 g/mol. The fraction of sp³-hybridized carbons (Fsp3) is 0.172. The van der Waals surface area contributed by atoms with Crippen LogP contribution in [0.5, 0.6) is 0 Å². The van der Waals surface area contributed by atoms with Crippen molar-refractivity contribution >= 4 is 51.7 Å². The first kappa shape index (κ1) is 25.3. The largest absolute Gasteiger partial charge is 0.378 e. The molecule has 202 valence electrons. The van der Waals surface area contributed by atoms with Crippen molar-refractivity contribution in [1.82, 2.24) is 19.9 Å². The normalized spacial score (nSPS) is 13.3. The lowest BCUT2D eigenvalue weighted by Gasteiger charge is -2.29. The first-order chi connectivity index (χ1) is 19.5. The number of benzene rings is 3. The van der Waals surface area contributed by atoms with Gasteiger partial charge in [-0.15, -0.1) is 0 Å². The van der Waals surface area contributed by atoms with Crippen molar-refractivity contribution in [2.75, 3.05) is 53.8 Å². The molecule has 1 aliphatic rings. The van der Waals surface area contributed by atoms with Crippen LogP contribution in [0.4, 0.5) is 39.2 Å². The molecule has 0 bridgehead atoms. The molecule has 11 heteroatoms. The summed E-state index contributed by atoms with van der Waals surface area (Å²) in [5.41, 5.74) is 4.05. The number of aromatic amines is 1. The summed E-state index contributed by atoms with van der Waals surface area (Å²) in [6.45, 7) is 2.52. The first-order valence-corrected chi connectivity index (χ1v) is 12.9. The Hall–Kier alpha value is -5.03. The van der Waals surface area contributed by atoms with E-state index in [4.69, 9.17) is 4.74 Å². The van der Waals surface area contributed by atoms with E-state index in [9.17, 15) is 9.18 Å². The molecule has 0 unspecified atom stereocenters. The highest BCUT2D eigenvalue weighted by Gasteiger charge is 2.17. The van der Waals surface area contributed by atoms with Gasteiger partial charge in [-0.05, 0) is 60.7 Å². The van der Waals surface area contributed by atoms with Gasteiger partial charge in [0.05, 0.1) is 29.9 Å². The number of imidazole rings is 1. The summed E-state index contributed by atoms with van der Waals surface area (Å²) < 4.78 is 20.3. The van der Waals surface area contributed by atoms with Crippen LogP contribution in [0.15, 0.2) is 79.0 Å². The van der Waals surface area contributed by atoms with Gasteiger partial charge in [-0.1, -0.05) is 12.1 Å². The first-order valence-electron chi connectivity index (χ1n) is 12.9. The quantitative estimate of drug-likeness (QED) is 0.263. The molecule has 0 atom stereocenters. The Kier molecular flexibility index (Phi) is 6.94. The smallest absolute Gasteiger partial charge is 0.257 e. The van der Waals surface area contributed by atoms with Gasteiger partial charge in [-0.2, -0.15) is 4.98 Å². The Labute approximate surface area is 229 Å². The van der Waals surface area contributed by atoms with Crippen molar-refractivity contribution < 1.29 is 13.9 Å². The number of rotatable bonds is 7. The number of halogens is 1. The second-order valence-electron chi connectivity index (χ2n) is 9.29. The molecule has 3 aromatic carbocycles. The maximum atomic E-state index is 14.9. The van der Waals surface area contributed by atoms with Gasteiger partial charge in [0.2, 0.25) is 11.9 Å². The van der Waals surface area contributed by atoms with Crippen LogP contribution in [0.1, 0.15) is 10.4 Å². The molecule has 1 aliphatic heterocycles. The summed E-state index contributed by atoms with van der Waals surface area (Å²) in [4.78, 5) is 32.8. The maximum Gasteiger partial charge on any atom is 0.257 e. The van der Waals surface area contributed by atoms with Crippen LogP contribution in [0.2, 0.25) is 0 Å². The minimum Gasteiger partial charge on any atom is -0.378 e. The van der Waals surface area contributed by atoms with Crippen LogP contribution in [0.3, 0.4) is 0 Å². The van der Waals surface area contributed by atoms with Gasteiger partial charge >= 0.3 is 0 Å². The van der Waals surface area contributed by atoms with Gasteiger partial charge in [0.25, 0.3) is 5.91 Å². The van der Waals surface area contributed by atoms with E-state index in [0.717, 1.165) is 11.0 Å². The van der Waals surface area contributed by atoms with E-state index in [0.29, 0.717) is 66.6 Å². The van der Waals surface area contributed by atoms with Crippen molar-refractivity contribution in [2.24, 2.45) is 0 Å². The number of aromatic nitrogens is 4. The van der Waals surface area contributed by atoms with Crippen molar-refractivity contribution in [1.29, 1.82) is 0 Å². The third-order valence-corrected chi connectivity index (χ3v) is 6.68. The van der Waals surface area contributed by atoms with Gasteiger partial charge in [0, 0.05) is 43.3 Å². The van der Waals surface area contributed by atoms with Crippen LogP contribution in [0.25, 0.3) is 11.0 Å². The Morgan fingerprint density at radius 1 is 1.02 bits per heavy atom. The van der Waals surface area contributed by atoms with Crippen LogP contribution < -0.4 is 20.4 Å². The van der Waals surface area contributed by atoms with Crippen molar-refractivity contribution in [3.63, 3.8) is 0 Å². The average molecular weight is 539 g/mol. The summed E-state index contributed by atoms with van der Waals surface area (Å²) in [6.07, 6.45) is 1.63. The van der Waals surface area contributed by atoms with Crippen LogP contribution in [0, 0.1) is 5.82 Å². The second kappa shape index (κ2) is 11.0. The number of hydrogen-bond donors (Lipinski definition) is 3. The minimum atomic E-state index is -0.289. The number of nitrogens with one attached hydrogen (secondary N) is 3. The van der Waals surface area contributed by atoms with E-state index in [1.807, 2.05) is 42.3 Å². The zero-order valence-electron chi connectivity index (χ0n) is 21.8. The van der Waals surface area contributed by atoms with Crippen LogP contribution in [-0.4, -0.2) is 59.2 Å². The highest BCUT2D eigenvalue weighted by Crippen LogP contribution is 2.29. The Balaban J connectivity index is 1.11. The number of ether oxygens (including phenoxy) is 1. The summed E-state index contributed by atoms with van der Waals surface area (Å²) in [5, 5.41) is 5.94. The van der Waals surface area contributed by atoms with E-state index >= 15 is 0 Å². The molecule has 10 nitrogen and oxygen atoms in total. The fourth-order valence-corrected chi connectivity index (χ4v) is 4.52. The fourth-order valence-electron chi connectivity index (χ4n) is 4.52. The standard InChI is InChI=1S/C29H27FN8O2/c1-37(21-10-11-25(22(30)18-21)38-14-16-40-17-15-38)26-12-13-31-28(35-26)32-20-8-6-19(7-9-20)27(39)36-29-33-23-4-2-3-5-24(23)34-29/h2-13,18H,14-17H2,1H3,(H,31,32,35)(H2,33,34,36,39). The maximum absolute atomic E-state index is 14.9. The van der Waals surface area contributed by atoms with E-state index in [1.165, 1.54) is 6.07 Å². The lowest BCUT2D eigenvalue weighted by molar-refractivity contribution is 0.102. The lowest BCUT2D eigenvalue weighted by atomic mass is 10.2. The Bertz CT molecular complexity index is 1620. The minimum absolute atomic E-state index is 0.280. The van der Waals surface area contributed by atoms with Gasteiger partial charge in [0.15, 0.2) is 0 Å². The highest BCUT2D eigenvalue weighted by atomic mass is 19.1. The molecular formula is C29H27FN8O2. The topological polar surface area (TPSA) is 111 Å². The molecule has 5 aromatic rings. The molecule has 0 radical (unpaired) electrons. The molecule has 3 heterocycles. The molecule has 3 N–H and O–H groups in total. The molecule has 0 spiro atoms. The van der Waals surface area contributed by atoms with Crippen LogP contribution in [-0.2, 0) is 4.74 Å². The predicted octanol–water partition coefficient (Wildman–Crippen LogP) is 5.09. The van der Waals surface area contributed by atoms with Crippen LogP contribution >= 0.6 is 0 Å². The number of para-hydroxylation sites is 2. The molecule has 0 saturated carbocycles. The summed E-state index contributed by atoms with van der Waals surface area (Å²) in [5.74, 6) is 0.783. The van der Waals surface area contributed by atoms with E-state index < -0.39 is 0 Å². The van der Waals surface area contributed by atoms with Gasteiger partial charge in [-0.3, -0.25) is 10.1 Å². The lowest BCUT2D eigenvalue weighted by Crippen LogP contribution is -2.36. The monoisotopic (exact) mass is 538 g/mol. The zero-order valence-corrected chi connectivity index (χ0v) is 21.8. The molecule has 40 heavy (non-hydrogen) atoms. The van der Waals surface area contributed by atoms with Gasteiger partial charge in [-0.25, -0.2) is 14.4 Å². The number of amides is 1. The number of morpholine rings is 1. The number of carbonyl (C=O) groups is 1. The Morgan fingerprint density at radius 2 is 1.82 bits per heavy atom. The molecule has 0 aliphatic carbocycles. The third kappa shape index (κ3) is 5.40. The number of H-pyrrole nitrogens is 1. The number of carbonyl (C=O) groups excluding carboxylic acids is 1. The second-order valence-corrected chi connectivity index (χ2v) is 9.29. The summed E-state index contributed by atoms with van der Waals surface area (Å²) in [7, 11) is 1.82. The summed E-state index contributed by atoms with van der Waals surface area (Å²) in [6, 6.07) is 21.4. The highest BCUT2D eigenvalue weighted by molar-refractivity contribution is 6.04. The van der Waals surface area contributed by atoms with E-state index in [-0.39, 0.29) is 11.7 Å². The number of fused-ring (bicyclic) bond motifs is 1. The van der Waals surface area contributed by atoms with Crippen molar-refractivity contribution in [3.8, 4) is 0 Å². The molecule has 6 rings (SSSR count). The number of hydrogen-bond acceptors (Lipinski definition) is 8. The number of nitrogens with zero attached hydrogens (tertiary/aromatic N) is 5. The summed E-state index contributed by atoms with van der Waals surface area (Å²) >= 11 is 0. The molecule has 1 saturated heterocycles. The average Bonchev–Trinajstić information content (AvgIpc) is 3.40. The molecule has 1 fully saturated rings. The zero-order chi connectivity index (χ0) is 27.5. The third-order valence-electron chi connectivity index (χ3n) is 6.68. The van der Waals surface area contributed by atoms with Crippen molar-refractivity contribution in [2.45, 2.75) is 0 Å². The van der Waals surface area contributed by atoms with E-state index in [1.54, 1.807) is 47.5 Å². The Morgan fingerprint density at radius 3 is 2.60 bits per heavy atom. The van der Waals surface area contributed by atoms with Gasteiger partial charge < -0.3 is 24.8 Å². The molecule has 2 aromatic heterocycles. The van der Waals surface area contributed by atoms with E-state index in [2.05, 4.69) is 30.6 Å². The van der Waals surface area contributed by atoms with Crippen molar-refractivity contribution in [3.05, 3.63) is 90.4 Å².